The number of aliphatic hydroxyl groups excluding tert-OH is 1. The predicted molar refractivity (Wildman–Crippen MR) is 116 cm³/mol. The number of carbonyl (C=O) groups is 1. The van der Waals surface area contributed by atoms with E-state index in [1.165, 1.54) is 0 Å². The van der Waals surface area contributed by atoms with E-state index in [2.05, 4.69) is 27.0 Å². The predicted octanol–water partition coefficient (Wildman–Crippen LogP) is 2.22. The van der Waals surface area contributed by atoms with E-state index < -0.39 is 6.10 Å². The van der Waals surface area contributed by atoms with Crippen molar-refractivity contribution in [1.29, 1.82) is 0 Å². The summed E-state index contributed by atoms with van der Waals surface area (Å²) in [6, 6.07) is 15.2. The van der Waals surface area contributed by atoms with Gasteiger partial charge in [0.05, 0.1) is 12.5 Å². The van der Waals surface area contributed by atoms with Gasteiger partial charge in [-0.2, -0.15) is 0 Å². The van der Waals surface area contributed by atoms with Crippen molar-refractivity contribution in [3.05, 3.63) is 77.2 Å². The van der Waals surface area contributed by atoms with Crippen LogP contribution in [0.4, 0.5) is 0 Å². The summed E-state index contributed by atoms with van der Waals surface area (Å²) in [5.74, 6) is 1.21. The third kappa shape index (κ3) is 5.68. The number of aromatic nitrogens is 2. The average molecular weight is 409 g/mol. The molecule has 0 saturated carbocycles. The van der Waals surface area contributed by atoms with Crippen molar-refractivity contribution in [2.45, 2.75) is 26.4 Å². The molecule has 0 saturated heterocycles. The molecule has 4 N–H and O–H groups in total. The molecule has 2 heterocycles. The molecule has 1 aromatic carbocycles. The molecule has 7 heteroatoms. The normalized spacial score (nSPS) is 12.0. The van der Waals surface area contributed by atoms with Crippen LogP contribution in [0.2, 0.25) is 0 Å². The largest absolute Gasteiger partial charge is 0.492 e. The zero-order valence-corrected chi connectivity index (χ0v) is 17.3. The number of amides is 1. The van der Waals surface area contributed by atoms with Gasteiger partial charge in [-0.1, -0.05) is 18.2 Å². The minimum absolute atomic E-state index is 0.222. The first-order valence-corrected chi connectivity index (χ1v) is 9.94. The van der Waals surface area contributed by atoms with Gasteiger partial charge in [-0.25, -0.2) is 4.98 Å². The van der Waals surface area contributed by atoms with Gasteiger partial charge in [0.1, 0.15) is 18.2 Å². The Hall–Kier alpha value is -3.16. The molecule has 0 fully saturated rings. The van der Waals surface area contributed by atoms with Gasteiger partial charge in [0, 0.05) is 36.2 Å². The highest BCUT2D eigenvalue weighted by Gasteiger charge is 2.10. The molecule has 3 aromatic rings. The number of aryl methyl sites for hydroxylation is 2. The second-order valence-corrected chi connectivity index (χ2v) is 7.26. The number of rotatable bonds is 10. The zero-order valence-electron chi connectivity index (χ0n) is 17.3. The zero-order chi connectivity index (χ0) is 21.5. The van der Waals surface area contributed by atoms with Crippen molar-refractivity contribution >= 4 is 5.91 Å². The number of benzene rings is 1. The van der Waals surface area contributed by atoms with Gasteiger partial charge < -0.3 is 25.5 Å². The molecule has 1 atom stereocenters. The van der Waals surface area contributed by atoms with E-state index in [1.54, 1.807) is 6.20 Å². The summed E-state index contributed by atoms with van der Waals surface area (Å²) in [5.41, 5.74) is 9.05. The number of nitrogens with one attached hydrogen (secondary N) is 1. The van der Waals surface area contributed by atoms with Crippen LogP contribution in [0.1, 0.15) is 28.6 Å². The molecule has 2 aromatic heterocycles. The van der Waals surface area contributed by atoms with Crippen LogP contribution in [0.3, 0.4) is 0 Å². The molecule has 30 heavy (non-hydrogen) atoms. The molecule has 0 aliphatic carbocycles. The molecule has 0 spiro atoms. The second kappa shape index (κ2) is 10.0. The van der Waals surface area contributed by atoms with Gasteiger partial charge in [0.15, 0.2) is 0 Å². The molecule has 0 aliphatic rings. The summed E-state index contributed by atoms with van der Waals surface area (Å²) >= 11 is 0. The number of primary amides is 1. The van der Waals surface area contributed by atoms with Gasteiger partial charge >= 0.3 is 0 Å². The SMILES string of the molecule is Cc1ccc(C)n1-c1ccc(C(O)CNCCOc2ccc(CC(N)=O)cc2)cn1. The minimum atomic E-state index is -0.647. The summed E-state index contributed by atoms with van der Waals surface area (Å²) in [4.78, 5) is 15.4. The summed E-state index contributed by atoms with van der Waals surface area (Å²) in [6.07, 6.45) is 1.29. The van der Waals surface area contributed by atoms with E-state index >= 15 is 0 Å². The van der Waals surface area contributed by atoms with E-state index in [1.807, 2.05) is 50.2 Å². The van der Waals surface area contributed by atoms with Gasteiger partial charge in [0.25, 0.3) is 0 Å². The van der Waals surface area contributed by atoms with Gasteiger partial charge in [-0.05, 0) is 49.7 Å². The van der Waals surface area contributed by atoms with E-state index in [0.717, 1.165) is 34.1 Å². The molecular formula is C23H28N4O3. The Kier molecular flexibility index (Phi) is 7.21. The lowest BCUT2D eigenvalue weighted by molar-refractivity contribution is -0.117. The lowest BCUT2D eigenvalue weighted by Crippen LogP contribution is -2.26. The summed E-state index contributed by atoms with van der Waals surface area (Å²) in [6.45, 7) is 5.54. The van der Waals surface area contributed by atoms with Crippen molar-refractivity contribution in [2.75, 3.05) is 19.7 Å². The van der Waals surface area contributed by atoms with Crippen LogP contribution in [-0.4, -0.2) is 40.3 Å². The van der Waals surface area contributed by atoms with E-state index in [4.69, 9.17) is 10.5 Å². The summed E-state index contributed by atoms with van der Waals surface area (Å²) in [7, 11) is 0. The maximum atomic E-state index is 10.9. The fraction of sp³-hybridized carbons (Fsp3) is 0.304. The highest BCUT2D eigenvalue weighted by Crippen LogP contribution is 2.17. The molecule has 0 bridgehead atoms. The number of aliphatic hydroxyl groups is 1. The Morgan fingerprint density at radius 2 is 1.83 bits per heavy atom. The fourth-order valence-corrected chi connectivity index (χ4v) is 3.26. The average Bonchev–Trinajstić information content (AvgIpc) is 3.06. The smallest absolute Gasteiger partial charge is 0.221 e. The molecular weight excluding hydrogens is 380 g/mol. The van der Waals surface area contributed by atoms with Gasteiger partial charge in [0.2, 0.25) is 5.91 Å². The Labute approximate surface area is 176 Å². The Morgan fingerprint density at radius 1 is 1.13 bits per heavy atom. The molecule has 158 valence electrons. The Bertz CT molecular complexity index is 946. The lowest BCUT2D eigenvalue weighted by Gasteiger charge is -2.14. The van der Waals surface area contributed by atoms with Crippen LogP contribution in [0.15, 0.2) is 54.7 Å². The Morgan fingerprint density at radius 3 is 2.43 bits per heavy atom. The van der Waals surface area contributed by atoms with Crippen molar-refractivity contribution in [3.8, 4) is 11.6 Å². The molecule has 1 amide bonds. The van der Waals surface area contributed by atoms with Crippen molar-refractivity contribution in [1.82, 2.24) is 14.9 Å². The van der Waals surface area contributed by atoms with Crippen LogP contribution in [-0.2, 0) is 11.2 Å². The standard InChI is InChI=1S/C23H28N4O3/c1-16-3-4-17(2)27(16)23-10-7-19(14-26-23)21(28)15-25-11-12-30-20-8-5-18(6-9-20)13-22(24)29/h3-10,14,21,25,28H,11-13,15H2,1-2H3,(H2,24,29). The number of carbonyl (C=O) groups excluding carboxylic acids is 1. The van der Waals surface area contributed by atoms with Crippen molar-refractivity contribution in [3.63, 3.8) is 0 Å². The number of hydrogen-bond donors (Lipinski definition) is 3. The monoisotopic (exact) mass is 408 g/mol. The van der Waals surface area contributed by atoms with Crippen LogP contribution in [0.5, 0.6) is 5.75 Å². The topological polar surface area (TPSA) is 102 Å². The summed E-state index contributed by atoms with van der Waals surface area (Å²) < 4.78 is 7.73. The van der Waals surface area contributed by atoms with Crippen LogP contribution in [0, 0.1) is 13.8 Å². The van der Waals surface area contributed by atoms with E-state index in [0.29, 0.717) is 19.7 Å². The maximum absolute atomic E-state index is 10.9. The number of nitrogens with zero attached hydrogens (tertiary/aromatic N) is 2. The minimum Gasteiger partial charge on any atom is -0.492 e. The molecule has 7 nitrogen and oxygen atoms in total. The van der Waals surface area contributed by atoms with Crippen molar-refractivity contribution in [2.24, 2.45) is 5.73 Å². The highest BCUT2D eigenvalue weighted by molar-refractivity contribution is 5.76. The quantitative estimate of drug-likeness (QED) is 0.447. The third-order valence-corrected chi connectivity index (χ3v) is 4.84. The first kappa shape index (κ1) is 21.5. The highest BCUT2D eigenvalue weighted by atomic mass is 16.5. The number of nitrogens with two attached hydrogens (primary N) is 1. The molecule has 3 rings (SSSR count). The fourth-order valence-electron chi connectivity index (χ4n) is 3.26. The van der Waals surface area contributed by atoms with Crippen molar-refractivity contribution < 1.29 is 14.6 Å². The second-order valence-electron chi connectivity index (χ2n) is 7.26. The summed E-state index contributed by atoms with van der Waals surface area (Å²) in [5, 5.41) is 13.6. The van der Waals surface area contributed by atoms with Gasteiger partial charge in [-0.15, -0.1) is 0 Å². The van der Waals surface area contributed by atoms with E-state index in [9.17, 15) is 9.90 Å². The molecule has 0 radical (unpaired) electrons. The van der Waals surface area contributed by atoms with Gasteiger partial charge in [-0.3, -0.25) is 4.79 Å². The number of ether oxygens (including phenoxy) is 1. The molecule has 0 aliphatic heterocycles. The first-order valence-electron chi connectivity index (χ1n) is 9.94. The lowest BCUT2D eigenvalue weighted by atomic mass is 10.1. The first-order chi connectivity index (χ1) is 14.4. The third-order valence-electron chi connectivity index (χ3n) is 4.84. The van der Waals surface area contributed by atoms with Crippen LogP contribution >= 0.6 is 0 Å². The maximum Gasteiger partial charge on any atom is 0.221 e. The van der Waals surface area contributed by atoms with Crippen LogP contribution < -0.4 is 15.8 Å². The Balaban J connectivity index is 1.41. The van der Waals surface area contributed by atoms with E-state index in [-0.39, 0.29) is 12.3 Å². The molecule has 1 unspecified atom stereocenters. The number of pyridine rings is 1. The number of hydrogen-bond acceptors (Lipinski definition) is 5. The van der Waals surface area contributed by atoms with Crippen LogP contribution in [0.25, 0.3) is 5.82 Å².